The maximum Gasteiger partial charge on any atom is 0.129 e. The summed E-state index contributed by atoms with van der Waals surface area (Å²) in [5.74, 6) is -0.985. The number of rotatable bonds is 2. The molecule has 2 aromatic carbocycles. The molecule has 1 atom stereocenters. The van der Waals surface area contributed by atoms with E-state index >= 15 is 0 Å². The summed E-state index contributed by atoms with van der Waals surface area (Å²) < 4.78 is 28.1. The van der Waals surface area contributed by atoms with Gasteiger partial charge < -0.3 is 5.73 Å². The highest BCUT2D eigenvalue weighted by molar-refractivity contribution is 9.10. The van der Waals surface area contributed by atoms with E-state index in [1.54, 1.807) is 12.1 Å². The fourth-order valence-corrected chi connectivity index (χ4v) is 2.33. The highest BCUT2D eigenvalue weighted by Gasteiger charge is 2.19. The molecule has 1 nitrogen and oxygen atoms in total. The second-order valence-corrected chi connectivity index (χ2v) is 5.55. The van der Waals surface area contributed by atoms with Gasteiger partial charge in [0.2, 0.25) is 0 Å². The average Bonchev–Trinajstić information content (AvgIpc) is 2.36. The molecule has 2 rings (SSSR count). The normalized spacial score (nSPS) is 12.5. The second kappa shape index (κ2) is 5.57. The minimum absolute atomic E-state index is 0.165. The first-order chi connectivity index (χ1) is 8.90. The van der Waals surface area contributed by atoms with Crippen molar-refractivity contribution in [3.8, 4) is 0 Å². The Morgan fingerprint density at radius 2 is 1.74 bits per heavy atom. The third-order valence-corrected chi connectivity index (χ3v) is 4.06. The Morgan fingerprint density at radius 1 is 1.11 bits per heavy atom. The molecule has 0 bridgehead atoms. The van der Waals surface area contributed by atoms with E-state index in [2.05, 4.69) is 15.9 Å². The molecule has 0 aliphatic rings. The maximum absolute atomic E-state index is 13.9. The van der Waals surface area contributed by atoms with Crippen molar-refractivity contribution in [2.24, 2.45) is 5.73 Å². The predicted octanol–water partition coefficient (Wildman–Crippen LogP) is 4.74. The summed E-state index contributed by atoms with van der Waals surface area (Å²) in [5, 5.41) is 0.333. The molecular weight excluding hydrogens is 336 g/mol. The third kappa shape index (κ3) is 2.96. The van der Waals surface area contributed by atoms with Crippen molar-refractivity contribution < 1.29 is 8.78 Å². The van der Waals surface area contributed by atoms with Crippen molar-refractivity contribution in [3.63, 3.8) is 0 Å². The van der Waals surface area contributed by atoms with Crippen LogP contribution in [0.25, 0.3) is 0 Å². The summed E-state index contributed by atoms with van der Waals surface area (Å²) in [6, 6.07) is 6.30. The summed E-state index contributed by atoms with van der Waals surface area (Å²) in [7, 11) is 0. The van der Waals surface area contributed by atoms with Crippen LogP contribution in [0.1, 0.15) is 22.7 Å². The van der Waals surface area contributed by atoms with Crippen molar-refractivity contribution in [1.29, 1.82) is 0 Å². The smallest absolute Gasteiger partial charge is 0.129 e. The zero-order valence-electron chi connectivity index (χ0n) is 10.1. The Hall–Kier alpha value is -0.970. The fraction of sp³-hybridized carbons (Fsp3) is 0.143. The highest BCUT2D eigenvalue weighted by atomic mass is 79.9. The minimum atomic E-state index is -0.898. The van der Waals surface area contributed by atoms with E-state index in [1.165, 1.54) is 18.2 Å². The van der Waals surface area contributed by atoms with Gasteiger partial charge in [0.05, 0.1) is 11.1 Å². The summed E-state index contributed by atoms with van der Waals surface area (Å²) in [6.07, 6.45) is 0. The van der Waals surface area contributed by atoms with Gasteiger partial charge in [-0.2, -0.15) is 0 Å². The molecule has 0 amide bonds. The van der Waals surface area contributed by atoms with Crippen LogP contribution >= 0.6 is 27.5 Å². The van der Waals surface area contributed by atoms with Gasteiger partial charge in [-0.15, -0.1) is 0 Å². The minimum Gasteiger partial charge on any atom is -0.320 e. The molecular formula is C14H11BrClF2N. The number of nitrogens with two attached hydrogens (primary N) is 1. The first kappa shape index (κ1) is 14.4. The van der Waals surface area contributed by atoms with Gasteiger partial charge in [-0.3, -0.25) is 0 Å². The zero-order chi connectivity index (χ0) is 14.2. The van der Waals surface area contributed by atoms with Crippen molar-refractivity contribution in [3.05, 3.63) is 68.2 Å². The lowest BCUT2D eigenvalue weighted by Gasteiger charge is -2.16. The summed E-state index contributed by atoms with van der Waals surface area (Å²) in [6.45, 7) is 1.82. The van der Waals surface area contributed by atoms with Gasteiger partial charge in [0.15, 0.2) is 0 Å². The van der Waals surface area contributed by atoms with Crippen LogP contribution in [0, 0.1) is 18.6 Å². The molecule has 100 valence electrons. The topological polar surface area (TPSA) is 26.0 Å². The Labute approximate surface area is 123 Å². The number of halogens is 4. The van der Waals surface area contributed by atoms with E-state index in [9.17, 15) is 8.78 Å². The molecule has 0 radical (unpaired) electrons. The molecule has 19 heavy (non-hydrogen) atoms. The van der Waals surface area contributed by atoms with Crippen LogP contribution in [-0.4, -0.2) is 0 Å². The van der Waals surface area contributed by atoms with Gasteiger partial charge in [0.25, 0.3) is 0 Å². The first-order valence-electron chi connectivity index (χ1n) is 5.56. The van der Waals surface area contributed by atoms with Crippen LogP contribution in [0.15, 0.2) is 34.8 Å². The molecule has 0 saturated heterocycles. The van der Waals surface area contributed by atoms with E-state index in [1.807, 2.05) is 6.92 Å². The number of aryl methyl sites for hydroxylation is 1. The van der Waals surface area contributed by atoms with E-state index in [4.69, 9.17) is 17.3 Å². The number of benzene rings is 2. The van der Waals surface area contributed by atoms with Gasteiger partial charge in [0.1, 0.15) is 11.6 Å². The molecule has 0 aliphatic heterocycles. The molecule has 0 saturated carbocycles. The van der Waals surface area contributed by atoms with E-state index < -0.39 is 17.7 Å². The van der Waals surface area contributed by atoms with Crippen LogP contribution in [-0.2, 0) is 0 Å². The molecule has 5 heteroatoms. The lowest BCUT2D eigenvalue weighted by atomic mass is 9.97. The van der Waals surface area contributed by atoms with Crippen LogP contribution in [0.2, 0.25) is 5.02 Å². The van der Waals surface area contributed by atoms with E-state index in [0.717, 1.165) is 5.56 Å². The molecule has 0 aliphatic carbocycles. The fourth-order valence-electron chi connectivity index (χ4n) is 1.85. The number of hydrogen-bond acceptors (Lipinski definition) is 1. The third-order valence-electron chi connectivity index (χ3n) is 2.86. The van der Waals surface area contributed by atoms with Gasteiger partial charge >= 0.3 is 0 Å². The first-order valence-corrected chi connectivity index (χ1v) is 6.73. The van der Waals surface area contributed by atoms with Gasteiger partial charge in [-0.05, 0) is 41.1 Å². The van der Waals surface area contributed by atoms with Gasteiger partial charge in [0, 0.05) is 15.6 Å². The van der Waals surface area contributed by atoms with Crippen LogP contribution < -0.4 is 5.73 Å². The zero-order valence-corrected chi connectivity index (χ0v) is 12.4. The monoisotopic (exact) mass is 345 g/mol. The standard InChI is InChI=1S/C14H11BrClF2N/c1-7-2-3-12(17)8(4-7)14(19)9-5-11(16)10(15)6-13(9)18/h2-6,14H,19H2,1H3. The van der Waals surface area contributed by atoms with Gasteiger partial charge in [-0.25, -0.2) is 8.78 Å². The molecule has 0 aromatic heterocycles. The largest absolute Gasteiger partial charge is 0.320 e. The lowest BCUT2D eigenvalue weighted by Crippen LogP contribution is -2.15. The van der Waals surface area contributed by atoms with E-state index in [-0.39, 0.29) is 11.1 Å². The predicted molar refractivity (Wildman–Crippen MR) is 76.3 cm³/mol. The quantitative estimate of drug-likeness (QED) is 0.781. The Kier molecular flexibility index (Phi) is 4.23. The summed E-state index contributed by atoms with van der Waals surface area (Å²) >= 11 is 9.05. The maximum atomic E-state index is 13.9. The summed E-state index contributed by atoms with van der Waals surface area (Å²) in [4.78, 5) is 0. The molecule has 0 spiro atoms. The van der Waals surface area contributed by atoms with Crippen molar-refractivity contribution in [2.75, 3.05) is 0 Å². The van der Waals surface area contributed by atoms with Crippen LogP contribution in [0.5, 0.6) is 0 Å². The molecule has 0 fully saturated rings. The molecule has 2 N–H and O–H groups in total. The average molecular weight is 347 g/mol. The van der Waals surface area contributed by atoms with Crippen LogP contribution in [0.3, 0.4) is 0 Å². The van der Waals surface area contributed by atoms with Crippen molar-refractivity contribution in [1.82, 2.24) is 0 Å². The van der Waals surface area contributed by atoms with Crippen molar-refractivity contribution in [2.45, 2.75) is 13.0 Å². The second-order valence-electron chi connectivity index (χ2n) is 4.29. The van der Waals surface area contributed by atoms with E-state index in [0.29, 0.717) is 9.50 Å². The molecule has 1 unspecified atom stereocenters. The Morgan fingerprint density at radius 3 is 2.42 bits per heavy atom. The SMILES string of the molecule is Cc1ccc(F)c(C(N)c2cc(Cl)c(Br)cc2F)c1. The Bertz CT molecular complexity index is 631. The highest BCUT2D eigenvalue weighted by Crippen LogP contribution is 2.31. The number of hydrogen-bond donors (Lipinski definition) is 1. The molecule has 0 heterocycles. The van der Waals surface area contributed by atoms with Gasteiger partial charge in [-0.1, -0.05) is 29.3 Å². The Balaban J connectivity index is 2.52. The van der Waals surface area contributed by atoms with Crippen molar-refractivity contribution >= 4 is 27.5 Å². The van der Waals surface area contributed by atoms with Crippen LogP contribution in [0.4, 0.5) is 8.78 Å². The molecule has 2 aromatic rings. The summed E-state index contributed by atoms with van der Waals surface area (Å²) in [5.41, 5.74) is 7.22. The lowest BCUT2D eigenvalue weighted by molar-refractivity contribution is 0.575.